The molecule has 0 aliphatic rings. The predicted molar refractivity (Wildman–Crippen MR) is 54.1 cm³/mol. The molecule has 0 aromatic carbocycles. The van der Waals surface area contributed by atoms with E-state index in [0.717, 1.165) is 11.9 Å². The first-order chi connectivity index (χ1) is 7.09. The van der Waals surface area contributed by atoms with Gasteiger partial charge in [0.1, 0.15) is 5.69 Å². The topological polar surface area (TPSA) is 54.5 Å². The summed E-state index contributed by atoms with van der Waals surface area (Å²) < 4.78 is 13.5. The summed E-state index contributed by atoms with van der Waals surface area (Å²) in [5, 5.41) is 6.75. The molecule has 0 aliphatic heterocycles. The number of nitrogens with one attached hydrogen (secondary N) is 1. The van der Waals surface area contributed by atoms with Crippen LogP contribution in [0.25, 0.3) is 11.3 Å². The molecule has 15 heavy (non-hydrogen) atoms. The maximum Gasteiger partial charge on any atom is 0.223 e. The third-order valence-electron chi connectivity index (χ3n) is 2.08. The third kappa shape index (κ3) is 1.70. The Morgan fingerprint density at radius 2 is 2.13 bits per heavy atom. The number of aromatic amines is 1. The molecule has 2 aromatic rings. The summed E-state index contributed by atoms with van der Waals surface area (Å²) in [7, 11) is 0. The largest absolute Gasteiger partial charge is 0.282 e. The van der Waals surface area contributed by atoms with Gasteiger partial charge in [-0.05, 0) is 25.4 Å². The highest BCUT2D eigenvalue weighted by Gasteiger charge is 2.15. The Labute approximate surface area is 90.5 Å². The molecular formula is C9H8ClFN4. The number of aromatic nitrogens is 4. The van der Waals surface area contributed by atoms with Gasteiger partial charge < -0.3 is 0 Å². The van der Waals surface area contributed by atoms with Gasteiger partial charge in [-0.1, -0.05) is 0 Å². The molecule has 1 N–H and O–H groups in total. The molecule has 0 saturated carbocycles. The SMILES string of the molecule is Cc1n[nH]c(C)c1-c1nc(Cl)ncc1F. The van der Waals surface area contributed by atoms with Crippen molar-refractivity contribution in [3.63, 3.8) is 0 Å². The summed E-state index contributed by atoms with van der Waals surface area (Å²) in [5.41, 5.74) is 2.25. The quantitative estimate of drug-likeness (QED) is 0.759. The summed E-state index contributed by atoms with van der Waals surface area (Å²) in [5.74, 6) is -0.507. The van der Waals surface area contributed by atoms with Crippen molar-refractivity contribution in [3.8, 4) is 11.3 Å². The summed E-state index contributed by atoms with van der Waals surface area (Å²) in [6, 6.07) is 0. The molecule has 0 saturated heterocycles. The third-order valence-corrected chi connectivity index (χ3v) is 2.26. The van der Waals surface area contributed by atoms with Crippen LogP contribution in [0, 0.1) is 19.7 Å². The zero-order chi connectivity index (χ0) is 11.0. The number of aryl methyl sites for hydroxylation is 2. The molecule has 0 aliphatic carbocycles. The van der Waals surface area contributed by atoms with Crippen molar-refractivity contribution in [2.45, 2.75) is 13.8 Å². The molecule has 0 spiro atoms. The second-order valence-electron chi connectivity index (χ2n) is 3.14. The van der Waals surface area contributed by atoms with Crippen LogP contribution < -0.4 is 0 Å². The van der Waals surface area contributed by atoms with E-state index in [0.29, 0.717) is 11.3 Å². The monoisotopic (exact) mass is 226 g/mol. The van der Waals surface area contributed by atoms with Crippen molar-refractivity contribution in [1.82, 2.24) is 20.2 Å². The van der Waals surface area contributed by atoms with Gasteiger partial charge in [0.25, 0.3) is 0 Å². The Bertz CT molecular complexity index is 489. The summed E-state index contributed by atoms with van der Waals surface area (Å²) in [6.45, 7) is 3.57. The zero-order valence-corrected chi connectivity index (χ0v) is 8.93. The van der Waals surface area contributed by atoms with Gasteiger partial charge in [0, 0.05) is 11.3 Å². The second kappa shape index (κ2) is 3.58. The molecule has 0 unspecified atom stereocenters. The Balaban J connectivity index is 2.68. The molecule has 0 amide bonds. The molecule has 4 nitrogen and oxygen atoms in total. The number of H-pyrrole nitrogens is 1. The molecule has 2 heterocycles. The van der Waals surface area contributed by atoms with Gasteiger partial charge in [-0.2, -0.15) is 5.10 Å². The van der Waals surface area contributed by atoms with E-state index >= 15 is 0 Å². The molecular weight excluding hydrogens is 219 g/mol. The molecule has 78 valence electrons. The average molecular weight is 227 g/mol. The Kier molecular flexibility index (Phi) is 2.40. The fourth-order valence-corrected chi connectivity index (χ4v) is 1.55. The van der Waals surface area contributed by atoms with Crippen LogP contribution in [0.15, 0.2) is 6.20 Å². The van der Waals surface area contributed by atoms with Gasteiger partial charge in [-0.15, -0.1) is 0 Å². The zero-order valence-electron chi connectivity index (χ0n) is 8.17. The molecule has 0 bridgehead atoms. The van der Waals surface area contributed by atoms with E-state index in [9.17, 15) is 4.39 Å². The molecule has 0 fully saturated rings. The van der Waals surface area contributed by atoms with Crippen molar-refractivity contribution in [3.05, 3.63) is 28.7 Å². The first-order valence-electron chi connectivity index (χ1n) is 4.29. The van der Waals surface area contributed by atoms with E-state index in [1.54, 1.807) is 13.8 Å². The van der Waals surface area contributed by atoms with Gasteiger partial charge in [-0.25, -0.2) is 14.4 Å². The van der Waals surface area contributed by atoms with Crippen LogP contribution in [0.4, 0.5) is 4.39 Å². The highest BCUT2D eigenvalue weighted by Crippen LogP contribution is 2.26. The Hall–Kier alpha value is -1.49. The summed E-state index contributed by atoms with van der Waals surface area (Å²) >= 11 is 5.62. The molecule has 6 heteroatoms. The Morgan fingerprint density at radius 3 is 2.73 bits per heavy atom. The highest BCUT2D eigenvalue weighted by molar-refractivity contribution is 6.28. The van der Waals surface area contributed by atoms with Crippen molar-refractivity contribution >= 4 is 11.6 Å². The lowest BCUT2D eigenvalue weighted by Gasteiger charge is -2.01. The van der Waals surface area contributed by atoms with Crippen molar-refractivity contribution in [2.24, 2.45) is 0 Å². The van der Waals surface area contributed by atoms with Gasteiger partial charge in [-0.3, -0.25) is 5.10 Å². The lowest BCUT2D eigenvalue weighted by molar-refractivity contribution is 0.618. The lowest BCUT2D eigenvalue weighted by atomic mass is 10.1. The minimum atomic E-state index is -0.507. The first kappa shape index (κ1) is 10.0. The second-order valence-corrected chi connectivity index (χ2v) is 3.48. The molecule has 2 rings (SSSR count). The van der Waals surface area contributed by atoms with Gasteiger partial charge in [0.2, 0.25) is 5.28 Å². The standard InChI is InChI=1S/C9H8ClFN4/c1-4-7(5(2)15-14-4)8-6(11)3-12-9(10)13-8/h3H,1-2H3,(H,14,15). The molecule has 2 aromatic heterocycles. The van der Waals surface area contributed by atoms with E-state index < -0.39 is 5.82 Å². The average Bonchev–Trinajstić information content (AvgIpc) is 2.51. The van der Waals surface area contributed by atoms with Gasteiger partial charge >= 0.3 is 0 Å². The fraction of sp³-hybridized carbons (Fsp3) is 0.222. The van der Waals surface area contributed by atoms with Gasteiger partial charge in [0.15, 0.2) is 5.82 Å². The number of nitrogens with zero attached hydrogens (tertiary/aromatic N) is 3. The number of halogens is 2. The summed E-state index contributed by atoms with van der Waals surface area (Å²) in [6.07, 6.45) is 1.05. The van der Waals surface area contributed by atoms with Crippen molar-refractivity contribution in [1.29, 1.82) is 0 Å². The molecule has 0 atom stereocenters. The van der Waals surface area contributed by atoms with E-state index in [-0.39, 0.29) is 11.0 Å². The maximum absolute atomic E-state index is 13.5. The van der Waals surface area contributed by atoms with Crippen LogP contribution in [-0.4, -0.2) is 20.2 Å². The van der Waals surface area contributed by atoms with Crippen LogP contribution in [0.1, 0.15) is 11.4 Å². The normalized spacial score (nSPS) is 10.7. The predicted octanol–water partition coefficient (Wildman–Crippen LogP) is 2.28. The van der Waals surface area contributed by atoms with E-state index in [1.165, 1.54) is 0 Å². The number of hydrogen-bond acceptors (Lipinski definition) is 3. The van der Waals surface area contributed by atoms with Crippen molar-refractivity contribution < 1.29 is 4.39 Å². The molecule has 0 radical (unpaired) electrons. The lowest BCUT2D eigenvalue weighted by Crippen LogP contribution is -1.94. The van der Waals surface area contributed by atoms with E-state index in [1.807, 2.05) is 0 Å². The van der Waals surface area contributed by atoms with Crippen LogP contribution >= 0.6 is 11.6 Å². The Morgan fingerprint density at radius 1 is 1.40 bits per heavy atom. The summed E-state index contributed by atoms with van der Waals surface area (Å²) in [4.78, 5) is 7.41. The minimum absolute atomic E-state index is 0.0198. The number of rotatable bonds is 1. The van der Waals surface area contributed by atoms with E-state index in [4.69, 9.17) is 11.6 Å². The van der Waals surface area contributed by atoms with Crippen LogP contribution in [0.5, 0.6) is 0 Å². The van der Waals surface area contributed by atoms with Crippen LogP contribution in [-0.2, 0) is 0 Å². The van der Waals surface area contributed by atoms with E-state index in [2.05, 4.69) is 20.2 Å². The minimum Gasteiger partial charge on any atom is -0.282 e. The van der Waals surface area contributed by atoms with Crippen molar-refractivity contribution in [2.75, 3.05) is 0 Å². The van der Waals surface area contributed by atoms with Crippen LogP contribution in [0.2, 0.25) is 5.28 Å². The first-order valence-corrected chi connectivity index (χ1v) is 4.67. The van der Waals surface area contributed by atoms with Gasteiger partial charge in [0.05, 0.1) is 11.9 Å². The highest BCUT2D eigenvalue weighted by atomic mass is 35.5. The fourth-order valence-electron chi connectivity index (χ4n) is 1.42. The van der Waals surface area contributed by atoms with Crippen LogP contribution in [0.3, 0.4) is 0 Å². The maximum atomic E-state index is 13.5. The number of hydrogen-bond donors (Lipinski definition) is 1. The smallest absolute Gasteiger partial charge is 0.223 e.